The van der Waals surface area contributed by atoms with E-state index in [9.17, 15) is 24.0 Å². The Balaban J connectivity index is 2.86. The predicted molar refractivity (Wildman–Crippen MR) is 125 cm³/mol. The lowest BCUT2D eigenvalue weighted by atomic mass is 10.0. The van der Waals surface area contributed by atoms with Gasteiger partial charge < -0.3 is 29.0 Å². The third-order valence-electron chi connectivity index (χ3n) is 4.21. The van der Waals surface area contributed by atoms with Gasteiger partial charge in [0.15, 0.2) is 0 Å². The van der Waals surface area contributed by atoms with Gasteiger partial charge in [0.2, 0.25) is 13.6 Å². The summed E-state index contributed by atoms with van der Waals surface area (Å²) in [7, 11) is 0. The van der Waals surface area contributed by atoms with Crippen molar-refractivity contribution in [3.05, 3.63) is 30.3 Å². The standard InChI is InChI=1S/C23H31NO10S/c1-14(2)18(25)30-12-32-21(28)24-17(20(27)34-16-10-8-7-9-11-16)23(5,6)35-22(29)33-13-31-19(26)15(3)4/h7-11,14-15,17H,12-13H2,1-6H3,(H,24,28)/t17-/m0/s1. The number of carbonyl (C=O) groups is 5. The van der Waals surface area contributed by atoms with E-state index in [0.29, 0.717) is 11.8 Å². The highest BCUT2D eigenvalue weighted by Gasteiger charge is 2.41. The van der Waals surface area contributed by atoms with Crippen molar-refractivity contribution in [3.8, 4) is 5.75 Å². The zero-order valence-corrected chi connectivity index (χ0v) is 21.3. The molecule has 1 atom stereocenters. The number of rotatable bonds is 11. The second kappa shape index (κ2) is 14.2. The van der Waals surface area contributed by atoms with Gasteiger partial charge >= 0.3 is 29.3 Å². The molecule has 0 saturated heterocycles. The molecular formula is C23H31NO10S. The molecule has 1 amide bonds. The molecule has 194 valence electrons. The molecule has 1 rings (SSSR count). The molecule has 0 unspecified atom stereocenters. The fourth-order valence-electron chi connectivity index (χ4n) is 2.25. The van der Waals surface area contributed by atoms with Crippen molar-refractivity contribution in [2.75, 3.05) is 13.6 Å². The maximum absolute atomic E-state index is 12.9. The van der Waals surface area contributed by atoms with E-state index in [1.807, 2.05) is 0 Å². The molecule has 1 aromatic carbocycles. The van der Waals surface area contributed by atoms with Crippen LogP contribution in [-0.2, 0) is 33.3 Å². The summed E-state index contributed by atoms with van der Waals surface area (Å²) < 4.78 is 23.3. The first kappa shape index (κ1) is 29.8. The summed E-state index contributed by atoms with van der Waals surface area (Å²) in [5.74, 6) is -2.61. The number of hydrogen-bond acceptors (Lipinski definition) is 11. The Bertz CT molecular complexity index is 886. The zero-order chi connectivity index (χ0) is 26.6. The second-order valence-corrected chi connectivity index (χ2v) is 9.90. The summed E-state index contributed by atoms with van der Waals surface area (Å²) >= 11 is 0.575. The van der Waals surface area contributed by atoms with Gasteiger partial charge in [0.1, 0.15) is 11.8 Å². The van der Waals surface area contributed by atoms with Gasteiger partial charge in [-0.25, -0.2) is 14.4 Å². The third kappa shape index (κ3) is 11.1. The van der Waals surface area contributed by atoms with Crippen LogP contribution in [0.25, 0.3) is 0 Å². The fourth-order valence-corrected chi connectivity index (χ4v) is 3.06. The first-order chi connectivity index (χ1) is 16.3. The molecule has 1 N–H and O–H groups in total. The monoisotopic (exact) mass is 513 g/mol. The van der Waals surface area contributed by atoms with Gasteiger partial charge in [0.25, 0.3) is 0 Å². The normalized spacial score (nSPS) is 11.9. The van der Waals surface area contributed by atoms with Gasteiger partial charge in [-0.05, 0) is 37.7 Å². The molecule has 12 heteroatoms. The lowest BCUT2D eigenvalue weighted by Gasteiger charge is -2.31. The van der Waals surface area contributed by atoms with E-state index in [1.165, 1.54) is 26.0 Å². The van der Waals surface area contributed by atoms with Gasteiger partial charge in [-0.3, -0.25) is 9.59 Å². The van der Waals surface area contributed by atoms with Crippen LogP contribution in [0, 0.1) is 11.8 Å². The van der Waals surface area contributed by atoms with Crippen molar-refractivity contribution in [2.24, 2.45) is 11.8 Å². The number of alkyl carbamates (subject to hydrolysis) is 1. The fraction of sp³-hybridized carbons (Fsp3) is 0.522. The highest BCUT2D eigenvalue weighted by molar-refractivity contribution is 8.14. The summed E-state index contributed by atoms with van der Waals surface area (Å²) in [5, 5.41) is 1.48. The number of ether oxygens (including phenoxy) is 5. The number of amides is 1. The first-order valence-electron chi connectivity index (χ1n) is 10.7. The number of nitrogens with one attached hydrogen (secondary N) is 1. The zero-order valence-electron chi connectivity index (χ0n) is 20.5. The molecule has 35 heavy (non-hydrogen) atoms. The Hall–Kier alpha value is -3.28. The number of carbonyl (C=O) groups excluding carboxylic acids is 5. The lowest BCUT2D eigenvalue weighted by Crippen LogP contribution is -2.54. The molecule has 0 heterocycles. The Morgan fingerprint density at radius 1 is 0.800 bits per heavy atom. The summed E-state index contributed by atoms with van der Waals surface area (Å²) in [4.78, 5) is 60.5. The average Bonchev–Trinajstić information content (AvgIpc) is 2.77. The van der Waals surface area contributed by atoms with Crippen LogP contribution < -0.4 is 10.1 Å². The van der Waals surface area contributed by atoms with Crippen molar-refractivity contribution >= 4 is 41.1 Å². The van der Waals surface area contributed by atoms with Crippen LogP contribution in [-0.4, -0.2) is 53.7 Å². The van der Waals surface area contributed by atoms with Gasteiger partial charge in [-0.2, -0.15) is 0 Å². The van der Waals surface area contributed by atoms with Crippen molar-refractivity contribution in [1.29, 1.82) is 0 Å². The van der Waals surface area contributed by atoms with Crippen LogP contribution in [0.2, 0.25) is 0 Å². The summed E-state index contributed by atoms with van der Waals surface area (Å²) in [6.45, 7) is 8.19. The number of esters is 3. The van der Waals surface area contributed by atoms with E-state index in [1.54, 1.807) is 45.9 Å². The van der Waals surface area contributed by atoms with Crippen molar-refractivity contribution < 1.29 is 47.7 Å². The van der Waals surface area contributed by atoms with Gasteiger partial charge in [0.05, 0.1) is 16.6 Å². The van der Waals surface area contributed by atoms with E-state index in [0.717, 1.165) is 0 Å². The number of hydrogen-bond donors (Lipinski definition) is 1. The average molecular weight is 514 g/mol. The van der Waals surface area contributed by atoms with Crippen molar-refractivity contribution in [1.82, 2.24) is 5.32 Å². The molecular weight excluding hydrogens is 482 g/mol. The van der Waals surface area contributed by atoms with E-state index >= 15 is 0 Å². The molecule has 0 aliphatic carbocycles. The van der Waals surface area contributed by atoms with Gasteiger partial charge in [0, 0.05) is 0 Å². The first-order valence-corrected chi connectivity index (χ1v) is 11.5. The van der Waals surface area contributed by atoms with Crippen LogP contribution in [0.4, 0.5) is 9.59 Å². The highest BCUT2D eigenvalue weighted by Crippen LogP contribution is 2.31. The molecule has 0 saturated carbocycles. The molecule has 0 aliphatic heterocycles. The quantitative estimate of drug-likeness (QED) is 0.263. The molecule has 0 spiro atoms. The molecule has 11 nitrogen and oxygen atoms in total. The minimum Gasteiger partial charge on any atom is -0.428 e. The molecule has 0 bridgehead atoms. The maximum atomic E-state index is 12.9. The van der Waals surface area contributed by atoms with Gasteiger partial charge in [-0.1, -0.05) is 45.9 Å². The Morgan fingerprint density at radius 3 is 1.83 bits per heavy atom. The van der Waals surface area contributed by atoms with Gasteiger partial charge in [-0.15, -0.1) is 0 Å². The van der Waals surface area contributed by atoms with E-state index in [2.05, 4.69) is 5.32 Å². The number of para-hydroxylation sites is 1. The minimum absolute atomic E-state index is 0.215. The molecule has 0 aliphatic rings. The highest BCUT2D eigenvalue weighted by atomic mass is 32.2. The molecule has 0 fully saturated rings. The topological polar surface area (TPSA) is 144 Å². The smallest absolute Gasteiger partial charge is 0.410 e. The molecule has 0 radical (unpaired) electrons. The lowest BCUT2D eigenvalue weighted by molar-refractivity contribution is -0.156. The third-order valence-corrected chi connectivity index (χ3v) is 5.26. The second-order valence-electron chi connectivity index (χ2n) is 8.31. The van der Waals surface area contributed by atoms with Crippen LogP contribution in [0.15, 0.2) is 30.3 Å². The van der Waals surface area contributed by atoms with Crippen molar-refractivity contribution in [3.63, 3.8) is 0 Å². The van der Waals surface area contributed by atoms with Crippen LogP contribution in [0.3, 0.4) is 0 Å². The predicted octanol–water partition coefficient (Wildman–Crippen LogP) is 3.65. The number of thioether (sulfide) groups is 1. The Morgan fingerprint density at radius 2 is 1.31 bits per heavy atom. The molecule has 1 aromatic rings. The van der Waals surface area contributed by atoms with Crippen LogP contribution in [0.1, 0.15) is 41.5 Å². The minimum atomic E-state index is -1.40. The number of benzene rings is 1. The SMILES string of the molecule is CC(C)C(=O)OCOC(=O)N[C@@H](C(=O)Oc1ccccc1)C(C)(C)SC(=O)OCOC(=O)C(C)C. The van der Waals surface area contributed by atoms with Crippen LogP contribution >= 0.6 is 11.8 Å². The Labute approximate surface area is 208 Å². The van der Waals surface area contributed by atoms with E-state index in [4.69, 9.17) is 23.7 Å². The molecule has 0 aromatic heterocycles. The maximum Gasteiger partial charge on any atom is 0.410 e. The Kier molecular flexibility index (Phi) is 12.1. The van der Waals surface area contributed by atoms with Crippen LogP contribution in [0.5, 0.6) is 5.75 Å². The summed E-state index contributed by atoms with van der Waals surface area (Å²) in [6.07, 6.45) is -1.08. The van der Waals surface area contributed by atoms with E-state index in [-0.39, 0.29) is 5.75 Å². The van der Waals surface area contributed by atoms with E-state index < -0.39 is 65.5 Å². The van der Waals surface area contributed by atoms with Crippen molar-refractivity contribution in [2.45, 2.75) is 52.3 Å². The summed E-state index contributed by atoms with van der Waals surface area (Å²) in [6, 6.07) is 6.71. The summed E-state index contributed by atoms with van der Waals surface area (Å²) in [5.41, 5.74) is 0. The largest absolute Gasteiger partial charge is 0.428 e.